The first-order chi connectivity index (χ1) is 10.2. The Labute approximate surface area is 162 Å². The van der Waals surface area contributed by atoms with Crippen LogP contribution in [0.3, 0.4) is 0 Å². The van der Waals surface area contributed by atoms with Crippen LogP contribution in [0, 0.1) is 6.92 Å². The maximum absolute atomic E-state index is 11.1. The van der Waals surface area contributed by atoms with E-state index in [2.05, 4.69) is 13.5 Å². The van der Waals surface area contributed by atoms with E-state index in [1.54, 1.807) is 6.92 Å². The van der Waals surface area contributed by atoms with Gasteiger partial charge in [-0.2, -0.15) is 14.8 Å². The molecular weight excluding hydrogens is 331 g/mol. The molecule has 0 saturated heterocycles. The Balaban J connectivity index is -0.000000578. The van der Waals surface area contributed by atoms with E-state index in [0.29, 0.717) is 12.2 Å². The van der Waals surface area contributed by atoms with Crippen molar-refractivity contribution in [2.45, 2.75) is 64.7 Å². The number of esters is 1. The van der Waals surface area contributed by atoms with Crippen LogP contribution in [0.2, 0.25) is 0 Å². The van der Waals surface area contributed by atoms with Crippen molar-refractivity contribution in [2.75, 3.05) is 6.61 Å². The second kappa shape index (κ2) is 18.4. The van der Waals surface area contributed by atoms with Gasteiger partial charge in [-0.3, -0.25) is 9.11 Å². The minimum absolute atomic E-state index is 0. The zero-order valence-electron chi connectivity index (χ0n) is 14.4. The van der Waals surface area contributed by atoms with Crippen molar-refractivity contribution >= 4 is 16.4 Å². The van der Waals surface area contributed by atoms with Gasteiger partial charge in [-0.15, -0.1) is 0 Å². The molecule has 0 aliphatic carbocycles. The first-order valence-electron chi connectivity index (χ1n) is 7.50. The zero-order chi connectivity index (χ0) is 17.4. The molecule has 0 bridgehead atoms. The average Bonchev–Trinajstić information content (AvgIpc) is 2.38. The van der Waals surface area contributed by atoms with Gasteiger partial charge in [-0.05, 0) is 13.3 Å². The Morgan fingerprint density at radius 1 is 1.00 bits per heavy atom. The van der Waals surface area contributed by atoms with E-state index in [1.807, 2.05) is 0 Å². The van der Waals surface area contributed by atoms with E-state index < -0.39 is 10.4 Å². The van der Waals surface area contributed by atoms with E-state index >= 15 is 0 Å². The number of carbonyl (C=O) groups excluding carboxylic acids is 1. The van der Waals surface area contributed by atoms with Gasteiger partial charge in [-0.1, -0.05) is 51.5 Å². The molecule has 6 nitrogen and oxygen atoms in total. The molecule has 0 aliphatic heterocycles. The minimum atomic E-state index is -4.67. The Morgan fingerprint density at radius 3 is 1.70 bits per heavy atom. The molecule has 0 aromatic rings. The fourth-order valence-electron chi connectivity index (χ4n) is 1.63. The van der Waals surface area contributed by atoms with Gasteiger partial charge in [-0.25, -0.2) is 4.79 Å². The minimum Gasteiger partial charge on any atom is -0.462 e. The molecule has 0 unspecified atom stereocenters. The molecule has 0 fully saturated rings. The molecule has 23 heavy (non-hydrogen) atoms. The molecule has 8 heteroatoms. The number of ether oxygens (including phenoxy) is 1. The molecule has 2 N–H and O–H groups in total. The molecule has 0 atom stereocenters. The zero-order valence-corrected chi connectivity index (χ0v) is 17.2. The van der Waals surface area contributed by atoms with Crippen LogP contribution in [0.5, 0.6) is 0 Å². The number of unbranched alkanes of at least 4 members (excludes halogenated alkanes) is 8. The fraction of sp³-hybridized carbons (Fsp3) is 0.733. The Morgan fingerprint density at radius 2 is 1.35 bits per heavy atom. The summed E-state index contributed by atoms with van der Waals surface area (Å²) in [7, 11) is -4.67. The molecule has 0 aromatic heterocycles. The summed E-state index contributed by atoms with van der Waals surface area (Å²) in [6.45, 7) is 9.58. The maximum atomic E-state index is 11.1. The maximum Gasteiger partial charge on any atom is 1.00 e. The average molecular weight is 360 g/mol. The van der Waals surface area contributed by atoms with Gasteiger partial charge in [0.1, 0.15) is 0 Å². The fourth-order valence-corrected chi connectivity index (χ4v) is 1.63. The number of hydrogen-bond acceptors (Lipinski definition) is 4. The largest absolute Gasteiger partial charge is 1.00 e. The monoisotopic (exact) mass is 360 g/mol. The number of hydrogen-bond donors (Lipinski definition) is 2. The van der Waals surface area contributed by atoms with Gasteiger partial charge in [0.2, 0.25) is 0 Å². The van der Waals surface area contributed by atoms with Crippen LogP contribution in [-0.4, -0.2) is 30.1 Å². The smallest absolute Gasteiger partial charge is 0.462 e. The van der Waals surface area contributed by atoms with Crippen molar-refractivity contribution in [3.63, 3.8) is 0 Å². The van der Waals surface area contributed by atoms with Gasteiger partial charge in [0.05, 0.1) is 6.61 Å². The van der Waals surface area contributed by atoms with Crippen molar-refractivity contribution in [1.29, 1.82) is 0 Å². The SMILES string of the molecule is C=C(C)C(=O)OCCCCCCCCCC[CH2-].O=S(=O)(O)O.[Na+]. The van der Waals surface area contributed by atoms with Crippen LogP contribution in [0.25, 0.3) is 0 Å². The molecule has 0 spiro atoms. The summed E-state index contributed by atoms with van der Waals surface area (Å²) in [5, 5.41) is 0. The van der Waals surface area contributed by atoms with E-state index in [1.165, 1.54) is 38.5 Å². The second-order valence-electron chi connectivity index (χ2n) is 5.05. The van der Waals surface area contributed by atoms with Crippen molar-refractivity contribution < 1.29 is 56.6 Å². The van der Waals surface area contributed by atoms with E-state index in [0.717, 1.165) is 19.3 Å². The summed E-state index contributed by atoms with van der Waals surface area (Å²) < 4.78 is 36.6. The predicted molar refractivity (Wildman–Crippen MR) is 86.9 cm³/mol. The summed E-state index contributed by atoms with van der Waals surface area (Å²) in [4.78, 5) is 11.1. The molecule has 0 aromatic carbocycles. The van der Waals surface area contributed by atoms with Gasteiger partial charge in [0.25, 0.3) is 0 Å². The molecule has 0 heterocycles. The third-order valence-electron chi connectivity index (χ3n) is 2.73. The van der Waals surface area contributed by atoms with Crippen LogP contribution in [0.15, 0.2) is 12.2 Å². The predicted octanol–water partition coefficient (Wildman–Crippen LogP) is 0.802. The van der Waals surface area contributed by atoms with Gasteiger partial charge < -0.3 is 11.7 Å². The first kappa shape index (κ1) is 27.9. The third-order valence-corrected chi connectivity index (χ3v) is 2.73. The topological polar surface area (TPSA) is 101 Å². The van der Waals surface area contributed by atoms with Gasteiger partial charge >= 0.3 is 45.9 Å². The molecule has 0 aliphatic rings. The second-order valence-corrected chi connectivity index (χ2v) is 5.94. The molecule has 0 radical (unpaired) electrons. The summed E-state index contributed by atoms with van der Waals surface area (Å²) >= 11 is 0. The molecule has 0 saturated carbocycles. The molecule has 0 rings (SSSR count). The van der Waals surface area contributed by atoms with Crippen LogP contribution in [0.1, 0.15) is 64.7 Å². The molecular formula is C15H29NaO6S. The van der Waals surface area contributed by atoms with Crippen LogP contribution >= 0.6 is 0 Å². The van der Waals surface area contributed by atoms with Gasteiger partial charge in [0, 0.05) is 5.57 Å². The Bertz CT molecular complexity index is 387. The van der Waals surface area contributed by atoms with E-state index in [4.69, 9.17) is 22.3 Å². The van der Waals surface area contributed by atoms with E-state index in [9.17, 15) is 4.79 Å². The Hall–Kier alpha value is 0.0800. The van der Waals surface area contributed by atoms with Crippen molar-refractivity contribution in [2.24, 2.45) is 0 Å². The van der Waals surface area contributed by atoms with Crippen molar-refractivity contribution in [3.8, 4) is 0 Å². The van der Waals surface area contributed by atoms with Crippen molar-refractivity contribution in [1.82, 2.24) is 0 Å². The molecule has 0 amide bonds. The summed E-state index contributed by atoms with van der Waals surface area (Å²) in [6, 6.07) is 0. The van der Waals surface area contributed by atoms with Crippen LogP contribution < -0.4 is 29.6 Å². The quantitative estimate of drug-likeness (QED) is 0.141. The third kappa shape index (κ3) is 34.4. The Kier molecular flexibility index (Phi) is 22.3. The van der Waals surface area contributed by atoms with Crippen LogP contribution in [0.4, 0.5) is 0 Å². The van der Waals surface area contributed by atoms with E-state index in [-0.39, 0.29) is 35.5 Å². The van der Waals surface area contributed by atoms with Crippen molar-refractivity contribution in [3.05, 3.63) is 19.1 Å². The van der Waals surface area contributed by atoms with Crippen LogP contribution in [-0.2, 0) is 19.9 Å². The first-order valence-corrected chi connectivity index (χ1v) is 8.90. The normalized spacial score (nSPS) is 10.1. The number of rotatable bonds is 11. The number of carbonyl (C=O) groups is 1. The summed E-state index contributed by atoms with van der Waals surface area (Å²) in [5.74, 6) is -0.266. The molecule has 132 valence electrons. The standard InChI is InChI=1S/C15H27O2.Na.H2O4S/c1-4-5-6-7-8-9-10-11-12-13-17-15(16)14(2)3;;1-5(2,3)4/h1-2,4-13H2,3H3;;(H2,1,2,3,4)/q-1;+1;. The van der Waals surface area contributed by atoms with Gasteiger partial charge in [0.15, 0.2) is 0 Å². The summed E-state index contributed by atoms with van der Waals surface area (Å²) in [5.41, 5.74) is 0.482. The summed E-state index contributed by atoms with van der Waals surface area (Å²) in [6.07, 6.45) is 11.0.